The summed E-state index contributed by atoms with van der Waals surface area (Å²) >= 11 is 1.64. The van der Waals surface area contributed by atoms with E-state index in [2.05, 4.69) is 16.9 Å². The summed E-state index contributed by atoms with van der Waals surface area (Å²) < 4.78 is 0. The van der Waals surface area contributed by atoms with Gasteiger partial charge in [0, 0.05) is 4.88 Å². The lowest BCUT2D eigenvalue weighted by atomic mass is 10.2. The number of thiophene rings is 1. The molecule has 5 heteroatoms. The maximum atomic E-state index is 5.85. The third kappa shape index (κ3) is 1.25. The molecule has 0 atom stereocenters. The van der Waals surface area contributed by atoms with E-state index in [-0.39, 0.29) is 0 Å². The zero-order valence-electron chi connectivity index (χ0n) is 8.16. The van der Waals surface area contributed by atoms with E-state index < -0.39 is 0 Å². The van der Waals surface area contributed by atoms with Crippen LogP contribution in [0.3, 0.4) is 0 Å². The van der Waals surface area contributed by atoms with Crippen molar-refractivity contribution in [2.24, 2.45) is 5.73 Å². The molecule has 0 aliphatic heterocycles. The smallest absolute Gasteiger partial charge is 0.145 e. The van der Waals surface area contributed by atoms with Gasteiger partial charge < -0.3 is 11.5 Å². The Morgan fingerprint density at radius 2 is 2.00 bits per heavy atom. The van der Waals surface area contributed by atoms with Crippen molar-refractivity contribution in [3.05, 3.63) is 16.3 Å². The largest absolute Gasteiger partial charge is 0.383 e. The molecule has 2 aromatic rings. The summed E-state index contributed by atoms with van der Waals surface area (Å²) in [6.07, 6.45) is 0. The molecule has 0 aliphatic rings. The zero-order chi connectivity index (χ0) is 10.3. The van der Waals surface area contributed by atoms with E-state index in [4.69, 9.17) is 11.5 Å². The van der Waals surface area contributed by atoms with Crippen LogP contribution in [0, 0.1) is 13.8 Å². The number of anilines is 1. The minimum Gasteiger partial charge on any atom is -0.383 e. The first-order chi connectivity index (χ1) is 6.63. The van der Waals surface area contributed by atoms with E-state index >= 15 is 0 Å². The lowest BCUT2D eigenvalue weighted by molar-refractivity contribution is 0.933. The van der Waals surface area contributed by atoms with Crippen LogP contribution in [0.2, 0.25) is 0 Å². The Kier molecular flexibility index (Phi) is 2.13. The molecule has 0 aliphatic carbocycles. The second-order valence-corrected chi connectivity index (χ2v) is 4.40. The first kappa shape index (κ1) is 9.36. The van der Waals surface area contributed by atoms with Gasteiger partial charge in [0.15, 0.2) is 0 Å². The minimum absolute atomic E-state index is 0.329. The lowest BCUT2D eigenvalue weighted by Gasteiger charge is -2.00. The highest BCUT2D eigenvalue weighted by Crippen LogP contribution is 2.31. The number of nitrogen functional groups attached to an aromatic ring is 1. The van der Waals surface area contributed by atoms with E-state index in [1.165, 1.54) is 10.4 Å². The van der Waals surface area contributed by atoms with Crippen molar-refractivity contribution < 1.29 is 0 Å². The molecule has 0 unspecified atom stereocenters. The van der Waals surface area contributed by atoms with Gasteiger partial charge in [-0.25, -0.2) is 9.97 Å². The summed E-state index contributed by atoms with van der Waals surface area (Å²) in [7, 11) is 0. The van der Waals surface area contributed by atoms with Crippen molar-refractivity contribution in [1.82, 2.24) is 9.97 Å². The molecular weight excluding hydrogens is 196 g/mol. The number of aryl methyl sites for hydroxylation is 2. The van der Waals surface area contributed by atoms with Crippen LogP contribution in [0.1, 0.15) is 16.3 Å². The van der Waals surface area contributed by atoms with E-state index in [0.29, 0.717) is 18.2 Å². The van der Waals surface area contributed by atoms with Gasteiger partial charge in [-0.3, -0.25) is 0 Å². The van der Waals surface area contributed by atoms with Gasteiger partial charge in [0.1, 0.15) is 16.5 Å². The number of aromatic nitrogens is 2. The van der Waals surface area contributed by atoms with Crippen LogP contribution >= 0.6 is 11.3 Å². The molecule has 74 valence electrons. The van der Waals surface area contributed by atoms with E-state index in [0.717, 1.165) is 10.2 Å². The quantitative estimate of drug-likeness (QED) is 0.741. The highest BCUT2D eigenvalue weighted by atomic mass is 32.1. The van der Waals surface area contributed by atoms with Crippen molar-refractivity contribution in [1.29, 1.82) is 0 Å². The van der Waals surface area contributed by atoms with Gasteiger partial charge in [-0.2, -0.15) is 0 Å². The molecular formula is C9H12N4S. The summed E-state index contributed by atoms with van der Waals surface area (Å²) in [5, 5.41) is 0.977. The van der Waals surface area contributed by atoms with Gasteiger partial charge in [0.05, 0.1) is 11.9 Å². The Balaban J connectivity index is 2.83. The molecule has 2 rings (SSSR count). The molecule has 0 aromatic carbocycles. The molecule has 0 spiro atoms. The van der Waals surface area contributed by atoms with Crippen molar-refractivity contribution in [2.75, 3.05) is 5.73 Å². The predicted octanol–water partition coefficient (Wildman–Crippen LogP) is 1.35. The van der Waals surface area contributed by atoms with Gasteiger partial charge in [-0.1, -0.05) is 0 Å². The summed E-state index contributed by atoms with van der Waals surface area (Å²) in [5.41, 5.74) is 12.5. The Morgan fingerprint density at radius 1 is 1.29 bits per heavy atom. The molecule has 4 nitrogen and oxygen atoms in total. The summed E-state index contributed by atoms with van der Waals surface area (Å²) in [4.78, 5) is 10.7. The topological polar surface area (TPSA) is 77.8 Å². The maximum Gasteiger partial charge on any atom is 0.145 e. The molecule has 0 radical (unpaired) electrons. The molecule has 2 aromatic heterocycles. The van der Waals surface area contributed by atoms with Crippen LogP contribution in [-0.2, 0) is 6.54 Å². The van der Waals surface area contributed by atoms with Gasteiger partial charge >= 0.3 is 0 Å². The first-order valence-corrected chi connectivity index (χ1v) is 5.17. The average molecular weight is 208 g/mol. The average Bonchev–Trinajstić information content (AvgIpc) is 2.43. The number of nitrogens with zero attached hydrogens (tertiary/aromatic N) is 2. The van der Waals surface area contributed by atoms with Crippen molar-refractivity contribution >= 4 is 27.4 Å². The number of fused-ring (bicyclic) bond motifs is 1. The van der Waals surface area contributed by atoms with Gasteiger partial charge in [0.25, 0.3) is 0 Å². The minimum atomic E-state index is 0.329. The number of hydrogen-bond acceptors (Lipinski definition) is 5. The van der Waals surface area contributed by atoms with Gasteiger partial charge in [-0.15, -0.1) is 11.3 Å². The van der Waals surface area contributed by atoms with E-state index in [1.807, 2.05) is 6.92 Å². The Labute approximate surface area is 86.0 Å². The number of nitrogens with two attached hydrogens (primary N) is 2. The van der Waals surface area contributed by atoms with Crippen LogP contribution in [0.4, 0.5) is 5.82 Å². The summed E-state index contributed by atoms with van der Waals surface area (Å²) in [5.74, 6) is 1.15. The number of hydrogen-bond donors (Lipinski definition) is 2. The fraction of sp³-hybridized carbons (Fsp3) is 0.333. The van der Waals surface area contributed by atoms with Crippen LogP contribution in [-0.4, -0.2) is 9.97 Å². The second-order valence-electron chi connectivity index (χ2n) is 3.19. The van der Waals surface area contributed by atoms with Crippen molar-refractivity contribution in [2.45, 2.75) is 20.4 Å². The fourth-order valence-electron chi connectivity index (χ4n) is 1.42. The standard InChI is InChI=1S/C9H12N4S/c1-4-5(2)14-9-7(4)8(11)12-6(3-10)13-9/h3,10H2,1-2H3,(H2,11,12,13). The summed E-state index contributed by atoms with van der Waals surface area (Å²) in [6.45, 7) is 4.43. The van der Waals surface area contributed by atoms with Gasteiger partial charge in [0.2, 0.25) is 0 Å². The highest BCUT2D eigenvalue weighted by molar-refractivity contribution is 7.18. The van der Waals surface area contributed by atoms with Crippen molar-refractivity contribution in [3.8, 4) is 0 Å². The molecule has 2 heterocycles. The fourth-order valence-corrected chi connectivity index (χ4v) is 2.47. The Morgan fingerprint density at radius 3 is 2.64 bits per heavy atom. The molecule has 0 saturated carbocycles. The van der Waals surface area contributed by atoms with Crippen molar-refractivity contribution in [3.63, 3.8) is 0 Å². The molecule has 4 N–H and O–H groups in total. The summed E-state index contributed by atoms with van der Waals surface area (Å²) in [6, 6.07) is 0. The molecule has 0 bridgehead atoms. The zero-order valence-corrected chi connectivity index (χ0v) is 8.98. The van der Waals surface area contributed by atoms with Crippen LogP contribution in [0.5, 0.6) is 0 Å². The predicted molar refractivity (Wildman–Crippen MR) is 59.2 cm³/mol. The maximum absolute atomic E-state index is 5.85. The monoisotopic (exact) mass is 208 g/mol. The molecule has 0 fully saturated rings. The van der Waals surface area contributed by atoms with E-state index in [9.17, 15) is 0 Å². The third-order valence-electron chi connectivity index (χ3n) is 2.29. The molecule has 0 saturated heterocycles. The third-order valence-corrected chi connectivity index (χ3v) is 3.39. The van der Waals surface area contributed by atoms with Crippen LogP contribution < -0.4 is 11.5 Å². The number of rotatable bonds is 1. The van der Waals surface area contributed by atoms with Crippen LogP contribution in [0.25, 0.3) is 10.2 Å². The Hall–Kier alpha value is -1.20. The first-order valence-electron chi connectivity index (χ1n) is 4.35. The molecule has 0 amide bonds. The van der Waals surface area contributed by atoms with E-state index in [1.54, 1.807) is 11.3 Å². The normalized spacial score (nSPS) is 11.1. The van der Waals surface area contributed by atoms with Crippen LogP contribution in [0.15, 0.2) is 0 Å². The highest BCUT2D eigenvalue weighted by Gasteiger charge is 2.11. The molecule has 14 heavy (non-hydrogen) atoms. The lowest BCUT2D eigenvalue weighted by Crippen LogP contribution is -2.05. The second kappa shape index (κ2) is 3.18. The van der Waals surface area contributed by atoms with Gasteiger partial charge in [-0.05, 0) is 19.4 Å². The Bertz CT molecular complexity index is 489. The SMILES string of the molecule is Cc1sc2nc(CN)nc(N)c2c1C.